The predicted octanol–water partition coefficient (Wildman–Crippen LogP) is -0.443. The molecule has 1 atom stereocenters. The summed E-state index contributed by atoms with van der Waals surface area (Å²) >= 11 is 0. The molecule has 96 valence electrons. The van der Waals surface area contributed by atoms with E-state index in [0.717, 1.165) is 12.8 Å². The molecular formula is C10H17N3O4. The van der Waals surface area contributed by atoms with Gasteiger partial charge in [-0.25, -0.2) is 9.59 Å². The molecule has 0 aliphatic heterocycles. The Morgan fingerprint density at radius 1 is 1.29 bits per heavy atom. The van der Waals surface area contributed by atoms with Crippen molar-refractivity contribution >= 4 is 17.9 Å². The fourth-order valence-corrected chi connectivity index (χ4v) is 1.89. The first-order valence-corrected chi connectivity index (χ1v) is 5.49. The Balaban J connectivity index is 2.60. The molecular weight excluding hydrogens is 226 g/mol. The number of aliphatic carboxylic acids is 1. The van der Waals surface area contributed by atoms with E-state index in [1.807, 2.05) is 0 Å². The van der Waals surface area contributed by atoms with E-state index in [1.165, 1.54) is 6.92 Å². The van der Waals surface area contributed by atoms with Gasteiger partial charge in [-0.1, -0.05) is 12.8 Å². The van der Waals surface area contributed by atoms with Gasteiger partial charge in [-0.05, 0) is 19.8 Å². The van der Waals surface area contributed by atoms with Crippen molar-refractivity contribution in [2.24, 2.45) is 5.73 Å². The number of primary amides is 1. The van der Waals surface area contributed by atoms with Crippen LogP contribution in [0.5, 0.6) is 0 Å². The van der Waals surface area contributed by atoms with Gasteiger partial charge in [0.25, 0.3) is 0 Å². The van der Waals surface area contributed by atoms with Crippen molar-refractivity contribution in [3.05, 3.63) is 0 Å². The lowest BCUT2D eigenvalue weighted by molar-refractivity contribution is -0.144. The molecule has 0 heterocycles. The molecule has 1 saturated carbocycles. The minimum atomic E-state index is -1.21. The van der Waals surface area contributed by atoms with Crippen LogP contribution < -0.4 is 16.4 Å². The number of carbonyl (C=O) groups is 3. The van der Waals surface area contributed by atoms with Crippen LogP contribution in [0.1, 0.15) is 32.6 Å². The van der Waals surface area contributed by atoms with Crippen molar-refractivity contribution in [1.82, 2.24) is 10.6 Å². The summed E-state index contributed by atoms with van der Waals surface area (Å²) in [6.45, 7) is 1.43. The zero-order valence-electron chi connectivity index (χ0n) is 9.66. The van der Waals surface area contributed by atoms with Gasteiger partial charge in [0.15, 0.2) is 0 Å². The highest BCUT2D eigenvalue weighted by atomic mass is 16.4. The topological polar surface area (TPSA) is 122 Å². The highest BCUT2D eigenvalue weighted by Gasteiger charge is 2.42. The Bertz CT molecular complexity index is 336. The summed E-state index contributed by atoms with van der Waals surface area (Å²) in [7, 11) is 0. The SMILES string of the molecule is CC(NC(=O)NC1(C(=O)O)CCCC1)C(N)=O. The fraction of sp³-hybridized carbons (Fsp3) is 0.700. The quantitative estimate of drug-likeness (QED) is 0.534. The van der Waals surface area contributed by atoms with Gasteiger partial charge in [-0.3, -0.25) is 4.79 Å². The van der Waals surface area contributed by atoms with Crippen molar-refractivity contribution in [3.8, 4) is 0 Å². The largest absolute Gasteiger partial charge is 0.480 e. The Morgan fingerprint density at radius 2 is 1.82 bits per heavy atom. The van der Waals surface area contributed by atoms with E-state index >= 15 is 0 Å². The lowest BCUT2D eigenvalue weighted by Crippen LogP contribution is -2.57. The second-order valence-corrected chi connectivity index (χ2v) is 4.32. The zero-order valence-corrected chi connectivity index (χ0v) is 9.66. The number of hydrogen-bond donors (Lipinski definition) is 4. The molecule has 3 amide bonds. The number of hydrogen-bond acceptors (Lipinski definition) is 3. The maximum atomic E-state index is 11.5. The van der Waals surface area contributed by atoms with Gasteiger partial charge < -0.3 is 21.5 Å². The molecule has 5 N–H and O–H groups in total. The molecule has 0 aromatic rings. The summed E-state index contributed by atoms with van der Waals surface area (Å²) in [5.74, 6) is -1.71. The van der Waals surface area contributed by atoms with E-state index in [9.17, 15) is 14.4 Å². The number of carboxylic acid groups (broad SMARTS) is 1. The summed E-state index contributed by atoms with van der Waals surface area (Å²) in [6, 6.07) is -1.51. The molecule has 0 radical (unpaired) electrons. The molecule has 1 aliphatic rings. The summed E-state index contributed by atoms with van der Waals surface area (Å²) in [6.07, 6.45) is 2.33. The van der Waals surface area contributed by atoms with Crippen LogP contribution in [0.15, 0.2) is 0 Å². The van der Waals surface area contributed by atoms with E-state index in [2.05, 4.69) is 10.6 Å². The molecule has 0 spiro atoms. The lowest BCUT2D eigenvalue weighted by atomic mass is 9.98. The molecule has 7 nitrogen and oxygen atoms in total. The van der Waals surface area contributed by atoms with Crippen molar-refractivity contribution in [1.29, 1.82) is 0 Å². The Labute approximate surface area is 98.7 Å². The molecule has 1 fully saturated rings. The first kappa shape index (κ1) is 13.3. The van der Waals surface area contributed by atoms with Crippen LogP contribution in [0.2, 0.25) is 0 Å². The smallest absolute Gasteiger partial charge is 0.329 e. The number of urea groups is 1. The molecule has 0 aromatic carbocycles. The third kappa shape index (κ3) is 3.08. The van der Waals surface area contributed by atoms with Crippen molar-refractivity contribution in [2.45, 2.75) is 44.2 Å². The molecule has 1 rings (SSSR count). The monoisotopic (exact) mass is 243 g/mol. The molecule has 0 aromatic heterocycles. The Kier molecular flexibility index (Phi) is 3.93. The van der Waals surface area contributed by atoms with Crippen LogP contribution in [0.3, 0.4) is 0 Å². The van der Waals surface area contributed by atoms with Crippen LogP contribution in [-0.2, 0) is 9.59 Å². The molecule has 0 saturated heterocycles. The van der Waals surface area contributed by atoms with E-state index in [0.29, 0.717) is 12.8 Å². The van der Waals surface area contributed by atoms with E-state index < -0.39 is 29.5 Å². The summed E-state index contributed by atoms with van der Waals surface area (Å²) in [5.41, 5.74) is 3.78. The summed E-state index contributed by atoms with van der Waals surface area (Å²) in [5, 5.41) is 13.8. The van der Waals surface area contributed by atoms with Gasteiger partial charge >= 0.3 is 12.0 Å². The predicted molar refractivity (Wildman–Crippen MR) is 59.2 cm³/mol. The number of rotatable bonds is 4. The Hall–Kier alpha value is -1.79. The van der Waals surface area contributed by atoms with Gasteiger partial charge in [0.1, 0.15) is 11.6 Å². The summed E-state index contributed by atoms with van der Waals surface area (Å²) in [4.78, 5) is 33.4. The average Bonchev–Trinajstić information content (AvgIpc) is 2.67. The van der Waals surface area contributed by atoms with Gasteiger partial charge in [0.05, 0.1) is 0 Å². The van der Waals surface area contributed by atoms with Crippen LogP contribution in [0, 0.1) is 0 Å². The van der Waals surface area contributed by atoms with Gasteiger partial charge in [-0.15, -0.1) is 0 Å². The third-order valence-corrected chi connectivity index (χ3v) is 2.99. The second-order valence-electron chi connectivity index (χ2n) is 4.32. The number of carbonyl (C=O) groups excluding carboxylic acids is 2. The van der Waals surface area contributed by atoms with Gasteiger partial charge in [0, 0.05) is 0 Å². The maximum Gasteiger partial charge on any atom is 0.329 e. The van der Waals surface area contributed by atoms with Crippen LogP contribution in [0.25, 0.3) is 0 Å². The Morgan fingerprint density at radius 3 is 2.24 bits per heavy atom. The van der Waals surface area contributed by atoms with Gasteiger partial charge in [0.2, 0.25) is 5.91 Å². The number of carboxylic acids is 1. The van der Waals surface area contributed by atoms with E-state index in [1.54, 1.807) is 0 Å². The third-order valence-electron chi connectivity index (χ3n) is 2.99. The van der Waals surface area contributed by atoms with E-state index in [4.69, 9.17) is 10.8 Å². The van der Waals surface area contributed by atoms with Crippen molar-refractivity contribution in [2.75, 3.05) is 0 Å². The average molecular weight is 243 g/mol. The lowest BCUT2D eigenvalue weighted by Gasteiger charge is -2.26. The molecule has 17 heavy (non-hydrogen) atoms. The standard InChI is InChI=1S/C10H17N3O4/c1-6(7(11)14)12-9(17)13-10(8(15)16)4-2-3-5-10/h6H,2-5H2,1H3,(H2,11,14)(H,15,16)(H2,12,13,17). The van der Waals surface area contributed by atoms with Crippen molar-refractivity contribution < 1.29 is 19.5 Å². The number of nitrogens with one attached hydrogen (secondary N) is 2. The first-order chi connectivity index (χ1) is 7.87. The highest BCUT2D eigenvalue weighted by Crippen LogP contribution is 2.29. The minimum Gasteiger partial charge on any atom is -0.480 e. The van der Waals surface area contributed by atoms with E-state index in [-0.39, 0.29) is 0 Å². The minimum absolute atomic E-state index is 0.403. The van der Waals surface area contributed by atoms with Crippen LogP contribution >= 0.6 is 0 Å². The fourth-order valence-electron chi connectivity index (χ4n) is 1.89. The molecule has 7 heteroatoms. The number of nitrogens with two attached hydrogens (primary N) is 1. The van der Waals surface area contributed by atoms with Crippen LogP contribution in [0.4, 0.5) is 4.79 Å². The molecule has 1 aliphatic carbocycles. The zero-order chi connectivity index (χ0) is 13.1. The molecule has 0 bridgehead atoms. The summed E-state index contributed by atoms with van der Waals surface area (Å²) < 4.78 is 0. The van der Waals surface area contributed by atoms with Crippen molar-refractivity contribution in [3.63, 3.8) is 0 Å². The van der Waals surface area contributed by atoms with Crippen LogP contribution in [-0.4, -0.2) is 34.6 Å². The molecule has 1 unspecified atom stereocenters. The maximum absolute atomic E-state index is 11.5. The number of amides is 3. The normalized spacial score (nSPS) is 19.4. The highest BCUT2D eigenvalue weighted by molar-refractivity contribution is 5.89. The van der Waals surface area contributed by atoms with Gasteiger partial charge in [-0.2, -0.15) is 0 Å². The second kappa shape index (κ2) is 5.03. The first-order valence-electron chi connectivity index (χ1n) is 5.49.